The number of anilines is 1. The number of hydrogen-bond donors (Lipinski definition) is 0. The van der Waals surface area contributed by atoms with Crippen molar-refractivity contribution in [3.05, 3.63) is 46.2 Å². The van der Waals surface area contributed by atoms with Crippen LogP contribution in [0.25, 0.3) is 0 Å². The summed E-state index contributed by atoms with van der Waals surface area (Å²) >= 11 is 6.44. The summed E-state index contributed by atoms with van der Waals surface area (Å²) < 4.78 is 2.03. The van der Waals surface area contributed by atoms with Crippen LogP contribution < -0.4 is 4.90 Å². The lowest BCUT2D eigenvalue weighted by molar-refractivity contribution is 0.0497. The number of carbonyl (C=O) groups is 1. The van der Waals surface area contributed by atoms with Gasteiger partial charge in [0.05, 0.1) is 22.4 Å². The van der Waals surface area contributed by atoms with Gasteiger partial charge in [-0.25, -0.2) is 0 Å². The van der Waals surface area contributed by atoms with Crippen molar-refractivity contribution in [1.82, 2.24) is 14.7 Å². The average Bonchev–Trinajstić information content (AvgIpc) is 3.16. The van der Waals surface area contributed by atoms with E-state index in [4.69, 9.17) is 11.6 Å². The molecule has 4 rings (SSSR count). The minimum atomic E-state index is 0.0488. The lowest BCUT2D eigenvalue weighted by atomic mass is 10.1. The van der Waals surface area contributed by atoms with E-state index in [1.165, 1.54) is 12.8 Å². The highest BCUT2D eigenvalue weighted by Crippen LogP contribution is 2.31. The second-order valence-corrected chi connectivity index (χ2v) is 7.50. The Morgan fingerprint density at radius 2 is 1.88 bits per heavy atom. The van der Waals surface area contributed by atoms with E-state index in [1.807, 2.05) is 34.7 Å². The molecule has 0 spiro atoms. The van der Waals surface area contributed by atoms with E-state index in [-0.39, 0.29) is 11.9 Å². The number of rotatable bonds is 3. The quantitative estimate of drug-likeness (QED) is 0.843. The molecule has 2 saturated heterocycles. The van der Waals surface area contributed by atoms with Gasteiger partial charge in [0.1, 0.15) is 0 Å². The van der Waals surface area contributed by atoms with Crippen molar-refractivity contribution >= 4 is 23.2 Å². The molecule has 0 atom stereocenters. The molecule has 0 saturated carbocycles. The van der Waals surface area contributed by atoms with Crippen LogP contribution in [0.2, 0.25) is 5.02 Å². The third-order valence-corrected chi connectivity index (χ3v) is 5.48. The van der Waals surface area contributed by atoms with Crippen LogP contribution in [0.1, 0.15) is 40.6 Å². The molecule has 1 aromatic carbocycles. The van der Waals surface area contributed by atoms with Gasteiger partial charge in [0.2, 0.25) is 0 Å². The SMILES string of the molecule is Cc1cc(C)n(C2CN(C(=O)c3ccc(N4CCCC4)c(Cl)c3)C2)n1. The lowest BCUT2D eigenvalue weighted by Gasteiger charge is -2.39. The maximum absolute atomic E-state index is 12.7. The van der Waals surface area contributed by atoms with Gasteiger partial charge >= 0.3 is 0 Å². The number of nitrogens with zero attached hydrogens (tertiary/aromatic N) is 4. The van der Waals surface area contributed by atoms with Crippen LogP contribution >= 0.6 is 11.6 Å². The molecule has 0 aliphatic carbocycles. The van der Waals surface area contributed by atoms with Crippen LogP contribution in [0.15, 0.2) is 24.3 Å². The second kappa shape index (κ2) is 6.37. The summed E-state index contributed by atoms with van der Waals surface area (Å²) in [5.41, 5.74) is 3.87. The first-order chi connectivity index (χ1) is 12.0. The predicted octanol–water partition coefficient (Wildman–Crippen LogP) is 3.45. The maximum Gasteiger partial charge on any atom is 0.254 e. The minimum absolute atomic E-state index is 0.0488. The molecule has 0 radical (unpaired) electrons. The van der Waals surface area contributed by atoms with E-state index in [9.17, 15) is 4.79 Å². The highest BCUT2D eigenvalue weighted by Gasteiger charge is 2.34. The van der Waals surface area contributed by atoms with E-state index in [2.05, 4.69) is 23.0 Å². The van der Waals surface area contributed by atoms with Gasteiger partial charge in [-0.3, -0.25) is 9.48 Å². The van der Waals surface area contributed by atoms with Crippen molar-refractivity contribution in [2.45, 2.75) is 32.7 Å². The number of benzene rings is 1. The number of carbonyl (C=O) groups excluding carboxylic acids is 1. The lowest BCUT2D eigenvalue weighted by Crippen LogP contribution is -2.51. The third kappa shape index (κ3) is 3.01. The molecule has 2 aliphatic rings. The number of amides is 1. The number of halogens is 1. The first-order valence-electron chi connectivity index (χ1n) is 8.89. The second-order valence-electron chi connectivity index (χ2n) is 7.10. The van der Waals surface area contributed by atoms with Gasteiger partial charge in [-0.05, 0) is 51.0 Å². The smallest absolute Gasteiger partial charge is 0.254 e. The maximum atomic E-state index is 12.7. The number of aromatic nitrogens is 2. The Kier molecular flexibility index (Phi) is 4.20. The van der Waals surface area contributed by atoms with Gasteiger partial charge in [-0.15, -0.1) is 0 Å². The molecule has 2 aliphatic heterocycles. The van der Waals surface area contributed by atoms with Gasteiger partial charge in [0.25, 0.3) is 5.91 Å². The first-order valence-corrected chi connectivity index (χ1v) is 9.27. The Balaban J connectivity index is 1.44. The van der Waals surface area contributed by atoms with Crippen molar-refractivity contribution in [2.75, 3.05) is 31.1 Å². The zero-order chi connectivity index (χ0) is 17.6. The largest absolute Gasteiger partial charge is 0.370 e. The van der Waals surface area contributed by atoms with Gasteiger partial charge in [-0.1, -0.05) is 11.6 Å². The Morgan fingerprint density at radius 1 is 1.16 bits per heavy atom. The molecule has 5 nitrogen and oxygen atoms in total. The summed E-state index contributed by atoms with van der Waals surface area (Å²) in [6, 6.07) is 8.05. The highest BCUT2D eigenvalue weighted by atomic mass is 35.5. The van der Waals surface area contributed by atoms with Gasteiger partial charge in [-0.2, -0.15) is 5.10 Å². The van der Waals surface area contributed by atoms with E-state index >= 15 is 0 Å². The number of likely N-dealkylation sites (tertiary alicyclic amines) is 1. The molecule has 0 N–H and O–H groups in total. The van der Waals surface area contributed by atoms with E-state index in [0.29, 0.717) is 23.7 Å². The normalized spacial score (nSPS) is 17.9. The van der Waals surface area contributed by atoms with Crippen LogP contribution in [0.5, 0.6) is 0 Å². The molecule has 1 amide bonds. The summed E-state index contributed by atoms with van der Waals surface area (Å²) in [5, 5.41) is 5.19. The molecule has 0 bridgehead atoms. The molecular weight excluding hydrogens is 336 g/mol. The zero-order valence-corrected chi connectivity index (χ0v) is 15.5. The van der Waals surface area contributed by atoms with Gasteiger partial charge in [0, 0.05) is 37.4 Å². The van der Waals surface area contributed by atoms with Gasteiger partial charge in [0.15, 0.2) is 0 Å². The first kappa shape index (κ1) is 16.5. The fraction of sp³-hybridized carbons (Fsp3) is 0.474. The fourth-order valence-electron chi connectivity index (χ4n) is 3.83. The Morgan fingerprint density at radius 3 is 2.48 bits per heavy atom. The number of aryl methyl sites for hydroxylation is 2. The van der Waals surface area contributed by atoms with Gasteiger partial charge < -0.3 is 9.80 Å². The van der Waals surface area contributed by atoms with Crippen molar-refractivity contribution in [1.29, 1.82) is 0 Å². The molecule has 0 unspecified atom stereocenters. The van der Waals surface area contributed by atoms with Crippen molar-refractivity contribution in [3.63, 3.8) is 0 Å². The van der Waals surface area contributed by atoms with Crippen LogP contribution in [-0.4, -0.2) is 46.8 Å². The van der Waals surface area contributed by atoms with E-state index in [1.54, 1.807) is 0 Å². The Bertz CT molecular complexity index is 804. The fourth-order valence-corrected chi connectivity index (χ4v) is 4.13. The monoisotopic (exact) mass is 358 g/mol. The average molecular weight is 359 g/mol. The molecule has 25 heavy (non-hydrogen) atoms. The summed E-state index contributed by atoms with van der Waals surface area (Å²) in [4.78, 5) is 16.9. The molecule has 132 valence electrons. The zero-order valence-electron chi connectivity index (χ0n) is 14.7. The molecule has 3 heterocycles. The summed E-state index contributed by atoms with van der Waals surface area (Å²) in [7, 11) is 0. The predicted molar refractivity (Wildman–Crippen MR) is 99.5 cm³/mol. The molecule has 1 aromatic heterocycles. The Hall–Kier alpha value is -2.01. The highest BCUT2D eigenvalue weighted by molar-refractivity contribution is 6.33. The molecule has 6 heteroatoms. The van der Waals surface area contributed by atoms with Crippen molar-refractivity contribution in [3.8, 4) is 0 Å². The summed E-state index contributed by atoms with van der Waals surface area (Å²) in [6.45, 7) is 7.54. The summed E-state index contributed by atoms with van der Waals surface area (Å²) in [5.74, 6) is 0.0488. The summed E-state index contributed by atoms with van der Waals surface area (Å²) in [6.07, 6.45) is 2.41. The van der Waals surface area contributed by atoms with E-state index in [0.717, 1.165) is 30.2 Å². The topological polar surface area (TPSA) is 41.4 Å². The minimum Gasteiger partial charge on any atom is -0.370 e. The standard InChI is InChI=1S/C19H23ClN4O/c1-13-9-14(2)24(21-13)16-11-23(12-16)19(25)15-5-6-18(17(20)10-15)22-7-3-4-8-22/h5-6,9-10,16H,3-4,7-8,11-12H2,1-2H3. The number of hydrogen-bond acceptors (Lipinski definition) is 3. The van der Waals surface area contributed by atoms with Crippen LogP contribution in [0, 0.1) is 13.8 Å². The van der Waals surface area contributed by atoms with Crippen molar-refractivity contribution < 1.29 is 4.79 Å². The van der Waals surface area contributed by atoms with Crippen LogP contribution in [-0.2, 0) is 0 Å². The third-order valence-electron chi connectivity index (χ3n) is 5.18. The van der Waals surface area contributed by atoms with Crippen LogP contribution in [0.4, 0.5) is 5.69 Å². The molecule has 2 aromatic rings. The molecule has 2 fully saturated rings. The van der Waals surface area contributed by atoms with E-state index < -0.39 is 0 Å². The Labute approximate surface area is 153 Å². The van der Waals surface area contributed by atoms with Crippen LogP contribution in [0.3, 0.4) is 0 Å². The van der Waals surface area contributed by atoms with Crippen molar-refractivity contribution in [2.24, 2.45) is 0 Å². The molecular formula is C19H23ClN4O.